The zero-order valence-electron chi connectivity index (χ0n) is 10.9. The molecule has 0 aliphatic carbocycles. The summed E-state index contributed by atoms with van der Waals surface area (Å²) in [6, 6.07) is 17.3. The highest BCUT2D eigenvalue weighted by Crippen LogP contribution is 2.24. The van der Waals surface area contributed by atoms with E-state index in [1.165, 1.54) is 0 Å². The Kier molecular flexibility index (Phi) is 4.22. The minimum absolute atomic E-state index is 0.0212. The van der Waals surface area contributed by atoms with Crippen LogP contribution >= 0.6 is 0 Å². The fraction of sp³-hybridized carbons (Fsp3) is 0.176. The van der Waals surface area contributed by atoms with Crippen molar-refractivity contribution in [3.8, 4) is 18.1 Å². The van der Waals surface area contributed by atoms with E-state index in [9.17, 15) is 5.11 Å². The summed E-state index contributed by atoms with van der Waals surface area (Å²) >= 11 is 0. The molecule has 2 heteroatoms. The van der Waals surface area contributed by atoms with Gasteiger partial charge in [0, 0.05) is 0 Å². The standard InChI is InChI=1S/C17H17NO/c1-3-13(2)18-17(14-7-5-4-6-8-14)15-9-11-16(19)12-10-15/h1,4-13,17-19H,2H3. The lowest BCUT2D eigenvalue weighted by Gasteiger charge is -2.22. The van der Waals surface area contributed by atoms with Crippen LogP contribution in [0.5, 0.6) is 5.75 Å². The maximum absolute atomic E-state index is 9.38. The van der Waals surface area contributed by atoms with Gasteiger partial charge in [0.05, 0.1) is 12.1 Å². The van der Waals surface area contributed by atoms with Crippen molar-refractivity contribution >= 4 is 0 Å². The molecular formula is C17H17NO. The van der Waals surface area contributed by atoms with Gasteiger partial charge in [-0.15, -0.1) is 6.42 Å². The summed E-state index contributed by atoms with van der Waals surface area (Å²) in [4.78, 5) is 0. The molecule has 0 amide bonds. The first-order valence-corrected chi connectivity index (χ1v) is 6.27. The molecule has 0 aliphatic rings. The second-order valence-electron chi connectivity index (χ2n) is 4.49. The van der Waals surface area contributed by atoms with Crippen LogP contribution in [0.1, 0.15) is 24.1 Å². The zero-order valence-corrected chi connectivity index (χ0v) is 10.9. The fourth-order valence-corrected chi connectivity index (χ4v) is 2.00. The Labute approximate surface area is 114 Å². The monoisotopic (exact) mass is 251 g/mol. The van der Waals surface area contributed by atoms with Gasteiger partial charge in [-0.3, -0.25) is 5.32 Å². The molecule has 2 unspecified atom stereocenters. The Morgan fingerprint density at radius 3 is 2.16 bits per heavy atom. The van der Waals surface area contributed by atoms with Crippen molar-refractivity contribution in [3.05, 3.63) is 65.7 Å². The lowest BCUT2D eigenvalue weighted by atomic mass is 9.98. The first kappa shape index (κ1) is 13.2. The van der Waals surface area contributed by atoms with Crippen LogP contribution in [0.4, 0.5) is 0 Å². The Bertz CT molecular complexity index is 554. The molecule has 0 saturated heterocycles. The Morgan fingerprint density at radius 2 is 1.58 bits per heavy atom. The van der Waals surface area contributed by atoms with E-state index in [1.54, 1.807) is 12.1 Å². The molecule has 2 aromatic carbocycles. The second-order valence-corrected chi connectivity index (χ2v) is 4.49. The lowest BCUT2D eigenvalue weighted by molar-refractivity contribution is 0.474. The third-order valence-corrected chi connectivity index (χ3v) is 3.03. The minimum Gasteiger partial charge on any atom is -0.508 e. The number of phenolic OH excluding ortho intramolecular Hbond substituents is 1. The van der Waals surface area contributed by atoms with Crippen molar-refractivity contribution < 1.29 is 5.11 Å². The Morgan fingerprint density at radius 1 is 1.00 bits per heavy atom. The highest BCUT2D eigenvalue weighted by atomic mass is 16.3. The summed E-state index contributed by atoms with van der Waals surface area (Å²) in [6.07, 6.45) is 5.45. The van der Waals surface area contributed by atoms with Crippen molar-refractivity contribution in [2.24, 2.45) is 0 Å². The number of phenols is 1. The van der Waals surface area contributed by atoms with Crippen molar-refractivity contribution in [2.75, 3.05) is 0 Å². The molecule has 2 nitrogen and oxygen atoms in total. The topological polar surface area (TPSA) is 32.3 Å². The van der Waals surface area contributed by atoms with Gasteiger partial charge in [-0.1, -0.05) is 48.4 Å². The molecule has 0 saturated carbocycles. The molecule has 0 heterocycles. The summed E-state index contributed by atoms with van der Waals surface area (Å²) < 4.78 is 0. The van der Waals surface area contributed by atoms with Crippen LogP contribution in [0.2, 0.25) is 0 Å². The first-order chi connectivity index (χ1) is 9.20. The van der Waals surface area contributed by atoms with Crippen molar-refractivity contribution in [2.45, 2.75) is 19.0 Å². The van der Waals surface area contributed by atoms with E-state index < -0.39 is 0 Å². The first-order valence-electron chi connectivity index (χ1n) is 6.27. The van der Waals surface area contributed by atoms with Gasteiger partial charge in [0.1, 0.15) is 5.75 Å². The molecule has 2 atom stereocenters. The summed E-state index contributed by atoms with van der Waals surface area (Å²) in [5.41, 5.74) is 2.22. The molecule has 0 fully saturated rings. The van der Waals surface area contributed by atoms with Gasteiger partial charge in [0.15, 0.2) is 0 Å². The number of hydrogen-bond donors (Lipinski definition) is 2. The van der Waals surface area contributed by atoms with Crippen LogP contribution < -0.4 is 5.32 Å². The SMILES string of the molecule is C#CC(C)NC(c1ccccc1)c1ccc(O)cc1. The molecule has 0 bridgehead atoms. The van der Waals surface area contributed by atoms with E-state index in [2.05, 4.69) is 23.4 Å². The Balaban J connectivity index is 2.34. The smallest absolute Gasteiger partial charge is 0.115 e. The molecular weight excluding hydrogens is 234 g/mol. The molecule has 0 aromatic heterocycles. The second kappa shape index (κ2) is 6.08. The van der Waals surface area contributed by atoms with Crippen LogP contribution in [0.25, 0.3) is 0 Å². The highest BCUT2D eigenvalue weighted by Gasteiger charge is 2.15. The van der Waals surface area contributed by atoms with Gasteiger partial charge in [0.2, 0.25) is 0 Å². The highest BCUT2D eigenvalue weighted by molar-refractivity contribution is 5.35. The van der Waals surface area contributed by atoms with Gasteiger partial charge in [-0.05, 0) is 30.2 Å². The minimum atomic E-state index is -0.0287. The third kappa shape index (κ3) is 3.37. The van der Waals surface area contributed by atoms with Crippen molar-refractivity contribution in [3.63, 3.8) is 0 Å². The van der Waals surface area contributed by atoms with E-state index in [0.29, 0.717) is 0 Å². The normalized spacial score (nSPS) is 13.5. The molecule has 0 spiro atoms. The largest absolute Gasteiger partial charge is 0.508 e. The average Bonchev–Trinajstić information content (AvgIpc) is 2.46. The number of aromatic hydroxyl groups is 1. The number of hydrogen-bond acceptors (Lipinski definition) is 2. The molecule has 2 rings (SSSR count). The van der Waals surface area contributed by atoms with Crippen LogP contribution in [0, 0.1) is 12.3 Å². The molecule has 19 heavy (non-hydrogen) atoms. The molecule has 2 N–H and O–H groups in total. The number of rotatable bonds is 4. The van der Waals surface area contributed by atoms with Crippen molar-refractivity contribution in [1.29, 1.82) is 0 Å². The van der Waals surface area contributed by atoms with E-state index in [4.69, 9.17) is 6.42 Å². The van der Waals surface area contributed by atoms with E-state index in [1.807, 2.05) is 37.3 Å². The van der Waals surface area contributed by atoms with Gasteiger partial charge >= 0.3 is 0 Å². The predicted octanol–water partition coefficient (Wildman–Crippen LogP) is 3.09. The van der Waals surface area contributed by atoms with Crippen LogP contribution in [-0.2, 0) is 0 Å². The van der Waals surface area contributed by atoms with E-state index in [-0.39, 0.29) is 17.8 Å². The summed E-state index contributed by atoms with van der Waals surface area (Å²) in [5.74, 6) is 2.95. The average molecular weight is 251 g/mol. The molecule has 2 aromatic rings. The van der Waals surface area contributed by atoms with Crippen LogP contribution in [-0.4, -0.2) is 11.1 Å². The maximum atomic E-state index is 9.38. The predicted molar refractivity (Wildman–Crippen MR) is 77.8 cm³/mol. The summed E-state index contributed by atoms with van der Waals surface area (Å²) in [7, 11) is 0. The molecule has 96 valence electrons. The van der Waals surface area contributed by atoms with Crippen LogP contribution in [0.15, 0.2) is 54.6 Å². The lowest BCUT2D eigenvalue weighted by Crippen LogP contribution is -2.30. The quantitative estimate of drug-likeness (QED) is 0.818. The number of benzene rings is 2. The molecule has 0 aliphatic heterocycles. The molecule has 0 radical (unpaired) electrons. The van der Waals surface area contributed by atoms with Gasteiger partial charge in [-0.25, -0.2) is 0 Å². The maximum Gasteiger partial charge on any atom is 0.115 e. The van der Waals surface area contributed by atoms with Crippen molar-refractivity contribution in [1.82, 2.24) is 5.32 Å². The van der Waals surface area contributed by atoms with E-state index in [0.717, 1.165) is 11.1 Å². The Hall–Kier alpha value is -2.24. The van der Waals surface area contributed by atoms with Gasteiger partial charge < -0.3 is 5.11 Å². The van der Waals surface area contributed by atoms with Crippen LogP contribution in [0.3, 0.4) is 0 Å². The summed E-state index contributed by atoms with van der Waals surface area (Å²) in [6.45, 7) is 1.95. The number of nitrogens with one attached hydrogen (secondary N) is 1. The number of terminal acetylenes is 1. The zero-order chi connectivity index (χ0) is 13.7. The third-order valence-electron chi connectivity index (χ3n) is 3.03. The summed E-state index contributed by atoms with van der Waals surface area (Å²) in [5, 5.41) is 12.8. The fourth-order valence-electron chi connectivity index (χ4n) is 2.00. The van der Waals surface area contributed by atoms with Gasteiger partial charge in [-0.2, -0.15) is 0 Å². The van der Waals surface area contributed by atoms with E-state index >= 15 is 0 Å². The van der Waals surface area contributed by atoms with Gasteiger partial charge in [0.25, 0.3) is 0 Å².